The van der Waals surface area contributed by atoms with Crippen LogP contribution < -0.4 is 16.4 Å². The Morgan fingerprint density at radius 1 is 0.833 bits per heavy atom. The lowest BCUT2D eigenvalue weighted by molar-refractivity contribution is -0.117. The van der Waals surface area contributed by atoms with Gasteiger partial charge < -0.3 is 16.4 Å². The second-order valence-electron chi connectivity index (χ2n) is 7.08. The minimum atomic E-state index is -0.649. The van der Waals surface area contributed by atoms with Crippen LogP contribution in [0.4, 0.5) is 11.4 Å². The van der Waals surface area contributed by atoms with Gasteiger partial charge in [-0.15, -0.1) is 12.4 Å². The molecule has 0 spiro atoms. The van der Waals surface area contributed by atoms with Gasteiger partial charge in [-0.05, 0) is 61.2 Å². The third-order valence-corrected chi connectivity index (χ3v) is 4.77. The number of nitrogens with one attached hydrogen (secondary N) is 2. The molecule has 0 heterocycles. The van der Waals surface area contributed by atoms with Gasteiger partial charge in [-0.25, -0.2) is 0 Å². The van der Waals surface area contributed by atoms with E-state index < -0.39 is 6.04 Å². The maximum Gasteiger partial charge on any atom is 0.255 e. The molecule has 0 aliphatic heterocycles. The molecule has 0 aromatic heterocycles. The normalized spacial score (nSPS) is 11.2. The van der Waals surface area contributed by atoms with Gasteiger partial charge in [0.1, 0.15) is 0 Å². The summed E-state index contributed by atoms with van der Waals surface area (Å²) in [7, 11) is 0. The molecule has 0 saturated carbocycles. The highest BCUT2D eigenvalue weighted by atomic mass is 35.5. The SMILES string of the molecule is Cc1cccc(C)c1NC(=O)c1ccc(NC(=O)[C@@H](N)Cc2ccccc2)cc1.Cl. The van der Waals surface area contributed by atoms with Gasteiger partial charge in [0.2, 0.25) is 5.91 Å². The van der Waals surface area contributed by atoms with E-state index >= 15 is 0 Å². The highest BCUT2D eigenvalue weighted by molar-refractivity contribution is 6.05. The van der Waals surface area contributed by atoms with Crippen molar-refractivity contribution in [1.29, 1.82) is 0 Å². The van der Waals surface area contributed by atoms with Crippen molar-refractivity contribution in [3.05, 3.63) is 95.1 Å². The average molecular weight is 424 g/mol. The predicted octanol–water partition coefficient (Wildman–Crippen LogP) is 4.49. The minimum Gasteiger partial charge on any atom is -0.325 e. The van der Waals surface area contributed by atoms with E-state index in [9.17, 15) is 9.59 Å². The molecule has 156 valence electrons. The molecule has 0 saturated heterocycles. The highest BCUT2D eigenvalue weighted by Crippen LogP contribution is 2.20. The van der Waals surface area contributed by atoms with Crippen LogP contribution >= 0.6 is 12.4 Å². The summed E-state index contributed by atoms with van der Waals surface area (Å²) < 4.78 is 0. The number of halogens is 1. The first-order valence-electron chi connectivity index (χ1n) is 9.52. The quantitative estimate of drug-likeness (QED) is 0.546. The minimum absolute atomic E-state index is 0. The van der Waals surface area contributed by atoms with Gasteiger partial charge in [0.25, 0.3) is 5.91 Å². The van der Waals surface area contributed by atoms with E-state index in [4.69, 9.17) is 5.73 Å². The Balaban J connectivity index is 0.00000320. The molecule has 0 bridgehead atoms. The van der Waals surface area contributed by atoms with Crippen LogP contribution in [0.5, 0.6) is 0 Å². The summed E-state index contributed by atoms with van der Waals surface area (Å²) in [6.45, 7) is 3.92. The van der Waals surface area contributed by atoms with E-state index in [2.05, 4.69) is 10.6 Å². The van der Waals surface area contributed by atoms with Crippen LogP contribution in [0.1, 0.15) is 27.0 Å². The monoisotopic (exact) mass is 423 g/mol. The standard InChI is InChI=1S/C24H25N3O2.ClH/c1-16-7-6-8-17(2)22(16)27-23(28)19-11-13-20(14-12-19)26-24(29)21(25)15-18-9-4-3-5-10-18;/h3-14,21H,15,25H2,1-2H3,(H,26,29)(H,27,28);1H/t21-;/m0./s1. The molecule has 5 nitrogen and oxygen atoms in total. The third-order valence-electron chi connectivity index (χ3n) is 4.77. The highest BCUT2D eigenvalue weighted by Gasteiger charge is 2.15. The summed E-state index contributed by atoms with van der Waals surface area (Å²) >= 11 is 0. The van der Waals surface area contributed by atoms with Crippen LogP contribution in [0.3, 0.4) is 0 Å². The second kappa shape index (κ2) is 10.6. The number of nitrogens with two attached hydrogens (primary N) is 1. The second-order valence-corrected chi connectivity index (χ2v) is 7.08. The predicted molar refractivity (Wildman–Crippen MR) is 124 cm³/mol. The summed E-state index contributed by atoms with van der Waals surface area (Å²) in [5, 5.41) is 5.75. The van der Waals surface area contributed by atoms with E-state index in [1.165, 1.54) is 0 Å². The number of benzene rings is 3. The van der Waals surface area contributed by atoms with Gasteiger partial charge in [0, 0.05) is 16.9 Å². The van der Waals surface area contributed by atoms with E-state index in [0.717, 1.165) is 22.4 Å². The van der Waals surface area contributed by atoms with Crippen LogP contribution in [-0.2, 0) is 11.2 Å². The summed E-state index contributed by atoms with van der Waals surface area (Å²) in [6.07, 6.45) is 0.461. The summed E-state index contributed by atoms with van der Waals surface area (Å²) in [6, 6.07) is 21.6. The molecule has 2 amide bonds. The number of carbonyl (C=O) groups is 2. The first kappa shape index (κ1) is 23.1. The number of carbonyl (C=O) groups excluding carboxylic acids is 2. The number of hydrogen-bond acceptors (Lipinski definition) is 3. The fraction of sp³-hybridized carbons (Fsp3) is 0.167. The molecule has 0 fully saturated rings. The maximum atomic E-state index is 12.5. The largest absolute Gasteiger partial charge is 0.325 e. The summed E-state index contributed by atoms with van der Waals surface area (Å²) in [5.74, 6) is -0.456. The van der Waals surface area contributed by atoms with Gasteiger partial charge in [-0.1, -0.05) is 48.5 Å². The number of amides is 2. The zero-order valence-corrected chi connectivity index (χ0v) is 17.8. The molecule has 3 rings (SSSR count). The maximum absolute atomic E-state index is 12.5. The lowest BCUT2D eigenvalue weighted by Gasteiger charge is -2.13. The van der Waals surface area contributed by atoms with Gasteiger partial charge in [0.15, 0.2) is 0 Å². The van der Waals surface area contributed by atoms with Crippen molar-refractivity contribution in [2.24, 2.45) is 5.73 Å². The molecule has 0 unspecified atom stereocenters. The first-order chi connectivity index (χ1) is 13.9. The molecule has 6 heteroatoms. The summed E-state index contributed by atoms with van der Waals surface area (Å²) in [5.41, 5.74) is 11.0. The molecular formula is C24H26ClN3O2. The third kappa shape index (κ3) is 5.92. The van der Waals surface area contributed by atoms with Crippen LogP contribution in [0.2, 0.25) is 0 Å². The number of para-hydroxylation sites is 1. The molecule has 4 N–H and O–H groups in total. The van der Waals surface area contributed by atoms with E-state index in [-0.39, 0.29) is 24.2 Å². The molecule has 3 aromatic carbocycles. The van der Waals surface area contributed by atoms with Crippen molar-refractivity contribution in [3.8, 4) is 0 Å². The topological polar surface area (TPSA) is 84.2 Å². The Kier molecular flexibility index (Phi) is 8.16. The van der Waals surface area contributed by atoms with Crippen LogP contribution in [0.25, 0.3) is 0 Å². The first-order valence-corrected chi connectivity index (χ1v) is 9.52. The van der Waals surface area contributed by atoms with Crippen LogP contribution in [0.15, 0.2) is 72.8 Å². The molecular weight excluding hydrogens is 398 g/mol. The van der Waals surface area contributed by atoms with Gasteiger partial charge in [-0.2, -0.15) is 0 Å². The van der Waals surface area contributed by atoms with Crippen molar-refractivity contribution >= 4 is 35.6 Å². The van der Waals surface area contributed by atoms with E-state index in [1.54, 1.807) is 24.3 Å². The van der Waals surface area contributed by atoms with Crippen molar-refractivity contribution in [3.63, 3.8) is 0 Å². The van der Waals surface area contributed by atoms with Crippen molar-refractivity contribution in [1.82, 2.24) is 0 Å². The van der Waals surface area contributed by atoms with Crippen molar-refractivity contribution in [2.45, 2.75) is 26.3 Å². The molecule has 0 aliphatic rings. The van der Waals surface area contributed by atoms with Crippen molar-refractivity contribution in [2.75, 3.05) is 10.6 Å². The average Bonchev–Trinajstić information content (AvgIpc) is 2.72. The van der Waals surface area contributed by atoms with Gasteiger partial charge >= 0.3 is 0 Å². The van der Waals surface area contributed by atoms with Crippen LogP contribution in [0, 0.1) is 13.8 Å². The van der Waals surface area contributed by atoms with Crippen molar-refractivity contribution < 1.29 is 9.59 Å². The molecule has 0 radical (unpaired) electrons. The number of aryl methyl sites for hydroxylation is 2. The number of anilines is 2. The fourth-order valence-electron chi connectivity index (χ4n) is 3.10. The molecule has 0 aliphatic carbocycles. The van der Waals surface area contributed by atoms with E-state index in [0.29, 0.717) is 17.7 Å². The number of rotatable bonds is 6. The zero-order valence-electron chi connectivity index (χ0n) is 17.0. The Morgan fingerprint density at radius 2 is 1.43 bits per heavy atom. The Morgan fingerprint density at radius 3 is 2.03 bits per heavy atom. The van der Waals surface area contributed by atoms with E-state index in [1.807, 2.05) is 62.4 Å². The Labute approximate surface area is 183 Å². The number of hydrogen-bond donors (Lipinski definition) is 3. The molecule has 3 aromatic rings. The smallest absolute Gasteiger partial charge is 0.255 e. The Hall–Kier alpha value is -3.15. The zero-order chi connectivity index (χ0) is 20.8. The molecule has 1 atom stereocenters. The van der Waals surface area contributed by atoms with Gasteiger partial charge in [-0.3, -0.25) is 9.59 Å². The fourth-order valence-corrected chi connectivity index (χ4v) is 3.10. The lowest BCUT2D eigenvalue weighted by atomic mass is 10.1. The Bertz CT molecular complexity index is 984. The lowest BCUT2D eigenvalue weighted by Crippen LogP contribution is -2.37. The summed E-state index contributed by atoms with van der Waals surface area (Å²) in [4.78, 5) is 24.9. The van der Waals surface area contributed by atoms with Gasteiger partial charge in [0.05, 0.1) is 6.04 Å². The van der Waals surface area contributed by atoms with Crippen LogP contribution in [-0.4, -0.2) is 17.9 Å². The molecule has 30 heavy (non-hydrogen) atoms.